The Bertz CT molecular complexity index is 429. The molecule has 0 aliphatic rings. The number of carbonyl (C=O) groups is 1. The fraction of sp³-hybridized carbons (Fsp3) is 0.462. The van der Waals surface area contributed by atoms with Crippen LogP contribution in [0.15, 0.2) is 18.2 Å². The molecule has 0 heterocycles. The van der Waals surface area contributed by atoms with Crippen molar-refractivity contribution >= 4 is 24.0 Å². The van der Waals surface area contributed by atoms with Crippen LogP contribution < -0.4 is 11.1 Å². The van der Waals surface area contributed by atoms with Gasteiger partial charge < -0.3 is 11.1 Å². The molecule has 1 atom stereocenters. The van der Waals surface area contributed by atoms with Crippen molar-refractivity contribution in [2.75, 3.05) is 5.32 Å². The van der Waals surface area contributed by atoms with Gasteiger partial charge in [0.05, 0.1) is 6.04 Å². The largest absolute Gasteiger partial charge is 0.325 e. The molecule has 0 radical (unpaired) electrons. The minimum atomic E-state index is -0.633. The van der Waals surface area contributed by atoms with E-state index >= 15 is 0 Å². The monoisotopic (exact) mass is 274 g/mol. The number of halogens is 2. The van der Waals surface area contributed by atoms with Crippen molar-refractivity contribution in [2.45, 2.75) is 33.7 Å². The molecule has 5 heteroatoms. The third kappa shape index (κ3) is 4.27. The first kappa shape index (κ1) is 16.9. The fourth-order valence-corrected chi connectivity index (χ4v) is 1.28. The number of nitrogens with one attached hydrogen (secondary N) is 1. The lowest BCUT2D eigenvalue weighted by molar-refractivity contribution is -0.119. The molecule has 1 rings (SSSR count). The summed E-state index contributed by atoms with van der Waals surface area (Å²) in [5.41, 5.74) is 6.45. The number of aryl methyl sites for hydroxylation is 1. The maximum absolute atomic E-state index is 13.3. The van der Waals surface area contributed by atoms with Gasteiger partial charge in [-0.05, 0) is 30.0 Å². The van der Waals surface area contributed by atoms with Crippen LogP contribution in [0, 0.1) is 18.2 Å². The van der Waals surface area contributed by atoms with Crippen LogP contribution in [0.1, 0.15) is 26.3 Å². The Kier molecular flexibility index (Phi) is 5.77. The van der Waals surface area contributed by atoms with Crippen molar-refractivity contribution in [3.8, 4) is 0 Å². The molecule has 0 bridgehead atoms. The lowest BCUT2D eigenvalue weighted by atomic mass is 9.87. The van der Waals surface area contributed by atoms with E-state index in [0.29, 0.717) is 11.3 Å². The van der Waals surface area contributed by atoms with Gasteiger partial charge in [0.1, 0.15) is 5.82 Å². The summed E-state index contributed by atoms with van der Waals surface area (Å²) in [5, 5.41) is 2.61. The molecule has 18 heavy (non-hydrogen) atoms. The SMILES string of the molecule is Cc1ccc(NC(=O)[C@@H](N)C(C)(C)C)cc1F.Cl. The van der Waals surface area contributed by atoms with E-state index in [-0.39, 0.29) is 29.5 Å². The van der Waals surface area contributed by atoms with Crippen molar-refractivity contribution in [2.24, 2.45) is 11.1 Å². The van der Waals surface area contributed by atoms with Crippen LogP contribution in [-0.4, -0.2) is 11.9 Å². The van der Waals surface area contributed by atoms with Gasteiger partial charge in [0.15, 0.2) is 0 Å². The number of anilines is 1. The van der Waals surface area contributed by atoms with Crippen molar-refractivity contribution < 1.29 is 9.18 Å². The van der Waals surface area contributed by atoms with Crippen molar-refractivity contribution in [3.05, 3.63) is 29.6 Å². The number of amides is 1. The number of hydrogen-bond acceptors (Lipinski definition) is 2. The molecule has 0 aromatic heterocycles. The summed E-state index contributed by atoms with van der Waals surface area (Å²) in [6, 6.07) is 3.94. The molecule has 0 aliphatic heterocycles. The van der Waals surface area contributed by atoms with E-state index in [0.717, 1.165) is 0 Å². The summed E-state index contributed by atoms with van der Waals surface area (Å²) in [7, 11) is 0. The van der Waals surface area contributed by atoms with Gasteiger partial charge >= 0.3 is 0 Å². The predicted molar refractivity (Wildman–Crippen MR) is 74.4 cm³/mol. The van der Waals surface area contributed by atoms with Crippen molar-refractivity contribution in [3.63, 3.8) is 0 Å². The Hall–Kier alpha value is -1.13. The van der Waals surface area contributed by atoms with E-state index < -0.39 is 6.04 Å². The van der Waals surface area contributed by atoms with Crippen molar-refractivity contribution in [1.82, 2.24) is 0 Å². The van der Waals surface area contributed by atoms with Gasteiger partial charge in [-0.3, -0.25) is 4.79 Å². The number of nitrogens with two attached hydrogens (primary N) is 1. The molecule has 1 aromatic carbocycles. The van der Waals surface area contributed by atoms with Crippen LogP contribution in [0.2, 0.25) is 0 Å². The van der Waals surface area contributed by atoms with Crippen molar-refractivity contribution in [1.29, 1.82) is 0 Å². The Labute approximate surface area is 113 Å². The normalized spacial score (nSPS) is 12.6. The van der Waals surface area contributed by atoms with Gasteiger partial charge in [-0.1, -0.05) is 26.8 Å². The maximum atomic E-state index is 13.3. The van der Waals surface area contributed by atoms with Gasteiger partial charge in [-0.15, -0.1) is 12.4 Å². The third-order valence-electron chi connectivity index (χ3n) is 2.65. The van der Waals surface area contributed by atoms with Gasteiger partial charge in [0.25, 0.3) is 0 Å². The number of rotatable bonds is 2. The number of hydrogen-bond donors (Lipinski definition) is 2. The molecule has 3 N–H and O–H groups in total. The zero-order valence-corrected chi connectivity index (χ0v) is 11.9. The minimum Gasteiger partial charge on any atom is -0.325 e. The molecule has 0 unspecified atom stereocenters. The molecule has 0 fully saturated rings. The van der Waals surface area contributed by atoms with Gasteiger partial charge in [-0.2, -0.15) is 0 Å². The lowest BCUT2D eigenvalue weighted by Crippen LogP contribution is -2.45. The summed E-state index contributed by atoms with van der Waals surface area (Å²) < 4.78 is 13.3. The summed E-state index contributed by atoms with van der Waals surface area (Å²) >= 11 is 0. The topological polar surface area (TPSA) is 55.1 Å². The Balaban J connectivity index is 0.00000289. The van der Waals surface area contributed by atoms with Gasteiger partial charge in [0.2, 0.25) is 5.91 Å². The average Bonchev–Trinajstić information content (AvgIpc) is 2.21. The molecular formula is C13H20ClFN2O. The molecule has 0 saturated heterocycles. The number of carbonyl (C=O) groups excluding carboxylic acids is 1. The highest BCUT2D eigenvalue weighted by Crippen LogP contribution is 2.19. The molecule has 0 spiro atoms. The van der Waals surface area contributed by atoms with Crippen LogP contribution in [0.25, 0.3) is 0 Å². The first-order chi connectivity index (χ1) is 7.71. The summed E-state index contributed by atoms with van der Waals surface area (Å²) in [4.78, 5) is 11.8. The van der Waals surface area contributed by atoms with E-state index in [1.165, 1.54) is 6.07 Å². The second-order valence-corrected chi connectivity index (χ2v) is 5.30. The van der Waals surface area contributed by atoms with Crippen LogP contribution in [0.5, 0.6) is 0 Å². The third-order valence-corrected chi connectivity index (χ3v) is 2.65. The second kappa shape index (κ2) is 6.16. The zero-order chi connectivity index (χ0) is 13.2. The van der Waals surface area contributed by atoms with E-state index in [1.807, 2.05) is 20.8 Å². The number of benzene rings is 1. The molecular weight excluding hydrogens is 255 g/mol. The zero-order valence-electron chi connectivity index (χ0n) is 11.1. The van der Waals surface area contributed by atoms with Crippen LogP contribution in [-0.2, 0) is 4.79 Å². The smallest absolute Gasteiger partial charge is 0.241 e. The van der Waals surface area contributed by atoms with E-state index in [1.54, 1.807) is 19.1 Å². The standard InChI is InChI=1S/C13H19FN2O.ClH/c1-8-5-6-9(7-10(8)14)16-12(17)11(15)13(2,3)4;/h5-7,11H,15H2,1-4H3,(H,16,17);1H/t11-;/m1./s1. The summed E-state index contributed by atoms with van der Waals surface area (Å²) in [5.74, 6) is -0.645. The molecule has 0 aliphatic carbocycles. The van der Waals surface area contributed by atoms with E-state index in [2.05, 4.69) is 5.32 Å². The van der Waals surface area contributed by atoms with Gasteiger partial charge in [-0.25, -0.2) is 4.39 Å². The molecule has 1 amide bonds. The lowest BCUT2D eigenvalue weighted by Gasteiger charge is -2.25. The van der Waals surface area contributed by atoms with Gasteiger partial charge in [0, 0.05) is 5.69 Å². The highest BCUT2D eigenvalue weighted by Gasteiger charge is 2.27. The Morgan fingerprint density at radius 3 is 2.39 bits per heavy atom. The predicted octanol–water partition coefficient (Wildman–Crippen LogP) is 2.87. The average molecular weight is 275 g/mol. The second-order valence-electron chi connectivity index (χ2n) is 5.30. The van der Waals surface area contributed by atoms with Crippen LogP contribution >= 0.6 is 12.4 Å². The summed E-state index contributed by atoms with van der Waals surface area (Å²) in [6.07, 6.45) is 0. The van der Waals surface area contributed by atoms with E-state index in [9.17, 15) is 9.18 Å². The highest BCUT2D eigenvalue weighted by atomic mass is 35.5. The molecule has 0 saturated carbocycles. The Morgan fingerprint density at radius 2 is 1.94 bits per heavy atom. The quantitative estimate of drug-likeness (QED) is 0.871. The molecule has 3 nitrogen and oxygen atoms in total. The van der Waals surface area contributed by atoms with Crippen LogP contribution in [0.4, 0.5) is 10.1 Å². The minimum absolute atomic E-state index is 0. The molecule has 1 aromatic rings. The maximum Gasteiger partial charge on any atom is 0.241 e. The molecule has 102 valence electrons. The van der Waals surface area contributed by atoms with Crippen LogP contribution in [0.3, 0.4) is 0 Å². The first-order valence-electron chi connectivity index (χ1n) is 5.54. The van der Waals surface area contributed by atoms with E-state index in [4.69, 9.17) is 5.73 Å². The fourth-order valence-electron chi connectivity index (χ4n) is 1.28. The summed E-state index contributed by atoms with van der Waals surface area (Å²) in [6.45, 7) is 7.31. The highest BCUT2D eigenvalue weighted by molar-refractivity contribution is 5.95. The Morgan fingerprint density at radius 1 is 1.39 bits per heavy atom. The first-order valence-corrected chi connectivity index (χ1v) is 5.54.